The SMILES string of the molecule is Cc1ccc(C(=O)Cc2ccc(-c3ccc(C(=O)Oc4ccccc4)cc3)cc2)cc1. The van der Waals surface area contributed by atoms with E-state index in [-0.39, 0.29) is 11.8 Å². The molecule has 0 spiro atoms. The Morgan fingerprint density at radius 1 is 0.645 bits per heavy atom. The fourth-order valence-electron chi connectivity index (χ4n) is 3.30. The van der Waals surface area contributed by atoms with Gasteiger partial charge in [0.15, 0.2) is 5.78 Å². The number of carbonyl (C=O) groups excluding carboxylic acids is 2. The highest BCUT2D eigenvalue weighted by atomic mass is 16.5. The van der Waals surface area contributed by atoms with Gasteiger partial charge in [-0.05, 0) is 47.9 Å². The molecule has 0 saturated heterocycles. The molecule has 0 saturated carbocycles. The maximum atomic E-state index is 12.5. The first-order valence-electron chi connectivity index (χ1n) is 10.1. The molecule has 0 aromatic heterocycles. The zero-order valence-electron chi connectivity index (χ0n) is 17.2. The maximum Gasteiger partial charge on any atom is 0.343 e. The second-order valence-electron chi connectivity index (χ2n) is 7.44. The van der Waals surface area contributed by atoms with Gasteiger partial charge in [-0.2, -0.15) is 0 Å². The number of hydrogen-bond acceptors (Lipinski definition) is 3. The summed E-state index contributed by atoms with van der Waals surface area (Å²) >= 11 is 0. The number of ether oxygens (including phenoxy) is 1. The molecule has 0 N–H and O–H groups in total. The van der Waals surface area contributed by atoms with Crippen LogP contribution in [0.4, 0.5) is 0 Å². The number of carbonyl (C=O) groups is 2. The van der Waals surface area contributed by atoms with Gasteiger partial charge < -0.3 is 4.74 Å². The Balaban J connectivity index is 1.41. The Hall–Kier alpha value is -3.98. The molecule has 0 aliphatic rings. The molecule has 4 aromatic carbocycles. The van der Waals surface area contributed by atoms with Crippen molar-refractivity contribution in [2.45, 2.75) is 13.3 Å². The molecular weight excluding hydrogens is 384 g/mol. The molecule has 0 unspecified atom stereocenters. The van der Waals surface area contributed by atoms with Crippen LogP contribution in [0.3, 0.4) is 0 Å². The molecule has 0 amide bonds. The second kappa shape index (κ2) is 9.23. The number of para-hydroxylation sites is 1. The van der Waals surface area contributed by atoms with Crippen LogP contribution in [0.15, 0.2) is 103 Å². The van der Waals surface area contributed by atoms with Crippen LogP contribution in [0, 0.1) is 6.92 Å². The lowest BCUT2D eigenvalue weighted by Crippen LogP contribution is -2.08. The van der Waals surface area contributed by atoms with Crippen LogP contribution in [0.25, 0.3) is 11.1 Å². The molecule has 152 valence electrons. The normalized spacial score (nSPS) is 10.5. The van der Waals surface area contributed by atoms with Gasteiger partial charge in [-0.3, -0.25) is 4.79 Å². The Kier molecular flexibility index (Phi) is 6.04. The predicted molar refractivity (Wildman–Crippen MR) is 122 cm³/mol. The lowest BCUT2D eigenvalue weighted by Gasteiger charge is -2.07. The van der Waals surface area contributed by atoms with Crippen LogP contribution in [0.1, 0.15) is 31.8 Å². The molecule has 0 aliphatic carbocycles. The van der Waals surface area contributed by atoms with Gasteiger partial charge in [-0.25, -0.2) is 4.79 Å². The van der Waals surface area contributed by atoms with Gasteiger partial charge in [-0.15, -0.1) is 0 Å². The van der Waals surface area contributed by atoms with Crippen LogP contribution in [0.5, 0.6) is 5.75 Å². The van der Waals surface area contributed by atoms with E-state index in [1.165, 1.54) is 0 Å². The number of hydrogen-bond donors (Lipinski definition) is 0. The summed E-state index contributed by atoms with van der Waals surface area (Å²) < 4.78 is 5.37. The minimum Gasteiger partial charge on any atom is -0.423 e. The third-order valence-corrected chi connectivity index (χ3v) is 5.10. The molecule has 0 atom stereocenters. The van der Waals surface area contributed by atoms with Gasteiger partial charge in [0, 0.05) is 12.0 Å². The van der Waals surface area contributed by atoms with E-state index in [1.54, 1.807) is 24.3 Å². The van der Waals surface area contributed by atoms with Gasteiger partial charge in [0.1, 0.15) is 5.75 Å². The van der Waals surface area contributed by atoms with Gasteiger partial charge in [-0.1, -0.05) is 84.4 Å². The zero-order chi connectivity index (χ0) is 21.6. The Labute approximate surface area is 181 Å². The molecule has 0 fully saturated rings. The minimum absolute atomic E-state index is 0.106. The Morgan fingerprint density at radius 3 is 1.81 bits per heavy atom. The largest absolute Gasteiger partial charge is 0.423 e. The van der Waals surface area contributed by atoms with Crippen molar-refractivity contribution in [2.75, 3.05) is 0 Å². The molecule has 0 bridgehead atoms. The van der Waals surface area contributed by atoms with Gasteiger partial charge >= 0.3 is 5.97 Å². The average molecular weight is 406 g/mol. The van der Waals surface area contributed by atoms with Crippen molar-refractivity contribution >= 4 is 11.8 Å². The van der Waals surface area contributed by atoms with Crippen molar-refractivity contribution in [3.05, 3.63) is 125 Å². The van der Waals surface area contributed by atoms with E-state index in [4.69, 9.17) is 4.74 Å². The fraction of sp³-hybridized carbons (Fsp3) is 0.0714. The molecule has 3 heteroatoms. The summed E-state index contributed by atoms with van der Waals surface area (Å²) in [5.74, 6) is 0.240. The van der Waals surface area contributed by atoms with Gasteiger partial charge in [0.25, 0.3) is 0 Å². The van der Waals surface area contributed by atoms with Crippen molar-refractivity contribution in [3.63, 3.8) is 0 Å². The lowest BCUT2D eigenvalue weighted by atomic mass is 9.99. The minimum atomic E-state index is -0.386. The van der Waals surface area contributed by atoms with Crippen molar-refractivity contribution in [2.24, 2.45) is 0 Å². The quantitative estimate of drug-likeness (QED) is 0.214. The number of aryl methyl sites for hydroxylation is 1. The van der Waals surface area contributed by atoms with Crippen molar-refractivity contribution in [1.29, 1.82) is 0 Å². The van der Waals surface area contributed by atoms with E-state index >= 15 is 0 Å². The maximum absolute atomic E-state index is 12.5. The highest BCUT2D eigenvalue weighted by molar-refractivity contribution is 5.97. The van der Waals surface area contributed by atoms with E-state index in [9.17, 15) is 9.59 Å². The number of Topliss-reactive ketones (excluding diaryl/α,β-unsaturated/α-hetero) is 1. The number of rotatable bonds is 6. The Morgan fingerprint density at radius 2 is 1.19 bits per heavy atom. The Bertz CT molecular complexity index is 1170. The summed E-state index contributed by atoms with van der Waals surface area (Å²) in [4.78, 5) is 24.8. The molecule has 0 aliphatic heterocycles. The van der Waals surface area contributed by atoms with Crippen molar-refractivity contribution in [1.82, 2.24) is 0 Å². The van der Waals surface area contributed by atoms with Crippen LogP contribution < -0.4 is 4.74 Å². The van der Waals surface area contributed by atoms with Crippen LogP contribution in [-0.2, 0) is 6.42 Å². The first kappa shape index (κ1) is 20.3. The molecule has 4 rings (SSSR count). The third-order valence-electron chi connectivity index (χ3n) is 5.10. The van der Waals surface area contributed by atoms with E-state index < -0.39 is 0 Å². The monoisotopic (exact) mass is 406 g/mol. The van der Waals surface area contributed by atoms with E-state index in [0.29, 0.717) is 17.7 Å². The van der Waals surface area contributed by atoms with Gasteiger partial charge in [0.05, 0.1) is 5.56 Å². The van der Waals surface area contributed by atoms with Crippen LogP contribution >= 0.6 is 0 Å². The summed E-state index contributed by atoms with van der Waals surface area (Å²) in [7, 11) is 0. The average Bonchev–Trinajstić information content (AvgIpc) is 2.81. The van der Waals surface area contributed by atoms with Gasteiger partial charge in [0.2, 0.25) is 0 Å². The summed E-state index contributed by atoms with van der Waals surface area (Å²) in [6, 6.07) is 31.9. The first-order chi connectivity index (χ1) is 15.1. The number of ketones is 1. The summed E-state index contributed by atoms with van der Waals surface area (Å²) in [5, 5.41) is 0. The molecule has 31 heavy (non-hydrogen) atoms. The van der Waals surface area contributed by atoms with Crippen LogP contribution in [-0.4, -0.2) is 11.8 Å². The summed E-state index contributed by atoms with van der Waals surface area (Å²) in [6.45, 7) is 2.01. The van der Waals surface area contributed by atoms with E-state index in [2.05, 4.69) is 0 Å². The predicted octanol–water partition coefficient (Wildman–Crippen LogP) is 6.31. The number of esters is 1. The third kappa shape index (κ3) is 5.14. The molecule has 0 radical (unpaired) electrons. The smallest absolute Gasteiger partial charge is 0.343 e. The van der Waals surface area contributed by atoms with Crippen molar-refractivity contribution < 1.29 is 14.3 Å². The van der Waals surface area contributed by atoms with E-state index in [1.807, 2.05) is 85.8 Å². The highest BCUT2D eigenvalue weighted by Crippen LogP contribution is 2.22. The van der Waals surface area contributed by atoms with Crippen molar-refractivity contribution in [3.8, 4) is 16.9 Å². The molecule has 4 aromatic rings. The topological polar surface area (TPSA) is 43.4 Å². The lowest BCUT2D eigenvalue weighted by molar-refractivity contribution is 0.0734. The molecular formula is C28H22O3. The zero-order valence-corrected chi connectivity index (χ0v) is 17.2. The second-order valence-corrected chi connectivity index (χ2v) is 7.44. The standard InChI is InChI=1S/C28H22O3/c1-20-7-11-24(12-8-20)27(29)19-21-9-13-22(14-10-21)23-15-17-25(18-16-23)28(30)31-26-5-3-2-4-6-26/h2-18H,19H2,1H3. The first-order valence-corrected chi connectivity index (χ1v) is 10.1. The number of benzene rings is 4. The van der Waals surface area contributed by atoms with E-state index in [0.717, 1.165) is 27.8 Å². The van der Waals surface area contributed by atoms with Crippen LogP contribution in [0.2, 0.25) is 0 Å². The summed E-state index contributed by atoms with van der Waals surface area (Å²) in [5.41, 5.74) is 5.35. The molecule has 3 nitrogen and oxygen atoms in total. The fourth-order valence-corrected chi connectivity index (χ4v) is 3.30. The molecule has 0 heterocycles. The highest BCUT2D eigenvalue weighted by Gasteiger charge is 2.10. The summed E-state index contributed by atoms with van der Waals surface area (Å²) in [6.07, 6.45) is 0.369.